The van der Waals surface area contributed by atoms with Gasteiger partial charge in [0.15, 0.2) is 0 Å². The number of carbonyl (C=O) groups excluding carboxylic acids is 1. The highest BCUT2D eigenvalue weighted by atomic mass is 16.6. The quantitative estimate of drug-likeness (QED) is 0.384. The number of nitrogens with one attached hydrogen (secondary N) is 1. The minimum atomic E-state index is -0.499. The third-order valence-electron chi connectivity index (χ3n) is 5.32. The van der Waals surface area contributed by atoms with E-state index in [0.29, 0.717) is 22.2 Å². The number of benzene rings is 2. The zero-order chi connectivity index (χ0) is 22.3. The number of nitro groups is 1. The van der Waals surface area contributed by atoms with E-state index >= 15 is 0 Å². The van der Waals surface area contributed by atoms with E-state index in [1.807, 2.05) is 45.2 Å². The van der Waals surface area contributed by atoms with Crippen molar-refractivity contribution in [3.05, 3.63) is 81.2 Å². The van der Waals surface area contributed by atoms with Crippen LogP contribution in [0.15, 0.2) is 48.5 Å². The van der Waals surface area contributed by atoms with Crippen LogP contribution in [0.5, 0.6) is 0 Å². The lowest BCUT2D eigenvalue weighted by molar-refractivity contribution is -0.384. The molecular weight excluding hydrogens is 394 g/mol. The van der Waals surface area contributed by atoms with Crippen molar-refractivity contribution in [3.63, 3.8) is 0 Å². The first kappa shape index (κ1) is 20.2. The summed E-state index contributed by atoms with van der Waals surface area (Å²) in [6.07, 6.45) is 0. The van der Waals surface area contributed by atoms with Crippen LogP contribution in [0, 0.1) is 30.9 Å². The molecule has 0 fully saturated rings. The van der Waals surface area contributed by atoms with Crippen LogP contribution in [0.3, 0.4) is 0 Å². The molecule has 2 heterocycles. The maximum Gasteiger partial charge on any atom is 0.293 e. The second-order valence-corrected chi connectivity index (χ2v) is 7.47. The Morgan fingerprint density at radius 1 is 1.10 bits per heavy atom. The van der Waals surface area contributed by atoms with Crippen LogP contribution in [0.25, 0.3) is 22.2 Å². The monoisotopic (exact) mass is 415 g/mol. The SMILES string of the molecule is Cc1ccc(NC(=O)c2cc(-c3c(C)nn(C)c3C)nc3ccccc23)c([N+](=O)[O-])c1. The smallest absolute Gasteiger partial charge is 0.293 e. The third kappa shape index (κ3) is 3.63. The number of aromatic nitrogens is 3. The van der Waals surface area contributed by atoms with Crippen LogP contribution < -0.4 is 5.32 Å². The van der Waals surface area contributed by atoms with Crippen LogP contribution in [-0.4, -0.2) is 25.6 Å². The molecule has 2 aromatic carbocycles. The molecule has 4 aromatic rings. The van der Waals surface area contributed by atoms with Gasteiger partial charge in [0.2, 0.25) is 0 Å². The van der Waals surface area contributed by atoms with Gasteiger partial charge in [-0.1, -0.05) is 24.3 Å². The summed E-state index contributed by atoms with van der Waals surface area (Å²) < 4.78 is 1.77. The number of hydrogen-bond donors (Lipinski definition) is 1. The second kappa shape index (κ2) is 7.64. The fourth-order valence-electron chi connectivity index (χ4n) is 3.72. The van der Waals surface area contributed by atoms with Gasteiger partial charge in [0.25, 0.3) is 11.6 Å². The zero-order valence-corrected chi connectivity index (χ0v) is 17.6. The number of amides is 1. The summed E-state index contributed by atoms with van der Waals surface area (Å²) in [6, 6.07) is 13.8. The molecule has 31 heavy (non-hydrogen) atoms. The second-order valence-electron chi connectivity index (χ2n) is 7.47. The van der Waals surface area contributed by atoms with Crippen molar-refractivity contribution >= 4 is 28.2 Å². The minimum absolute atomic E-state index is 0.147. The first-order valence-corrected chi connectivity index (χ1v) is 9.73. The molecule has 0 radical (unpaired) electrons. The molecule has 0 saturated heterocycles. The fraction of sp³-hybridized carbons (Fsp3) is 0.174. The topological polar surface area (TPSA) is 103 Å². The Morgan fingerprint density at radius 2 is 1.84 bits per heavy atom. The van der Waals surface area contributed by atoms with Crippen molar-refractivity contribution in [2.75, 3.05) is 5.32 Å². The number of hydrogen-bond acceptors (Lipinski definition) is 5. The zero-order valence-electron chi connectivity index (χ0n) is 17.6. The van der Waals surface area contributed by atoms with Crippen molar-refractivity contribution in [2.45, 2.75) is 20.8 Å². The van der Waals surface area contributed by atoms with Gasteiger partial charge in [-0.25, -0.2) is 4.98 Å². The molecule has 1 amide bonds. The van der Waals surface area contributed by atoms with Gasteiger partial charge in [-0.3, -0.25) is 19.6 Å². The lowest BCUT2D eigenvalue weighted by Crippen LogP contribution is -2.14. The van der Waals surface area contributed by atoms with Crippen molar-refractivity contribution in [1.82, 2.24) is 14.8 Å². The first-order chi connectivity index (χ1) is 14.8. The minimum Gasteiger partial charge on any atom is -0.316 e. The Hall–Kier alpha value is -4.07. The molecule has 8 heteroatoms. The Labute approximate surface area is 178 Å². The van der Waals surface area contributed by atoms with Gasteiger partial charge in [0.1, 0.15) is 5.69 Å². The van der Waals surface area contributed by atoms with Crippen molar-refractivity contribution in [3.8, 4) is 11.3 Å². The number of aryl methyl sites for hydroxylation is 3. The lowest BCUT2D eigenvalue weighted by atomic mass is 10.0. The largest absolute Gasteiger partial charge is 0.316 e. The molecule has 0 aliphatic carbocycles. The molecule has 0 aliphatic rings. The Kier molecular flexibility index (Phi) is 4.98. The van der Waals surface area contributed by atoms with Crippen molar-refractivity contribution < 1.29 is 9.72 Å². The van der Waals surface area contributed by atoms with Gasteiger partial charge in [0, 0.05) is 29.8 Å². The summed E-state index contributed by atoms with van der Waals surface area (Å²) in [6.45, 7) is 5.61. The van der Waals surface area contributed by atoms with Crippen molar-refractivity contribution in [1.29, 1.82) is 0 Å². The van der Waals surface area contributed by atoms with Gasteiger partial charge in [0.05, 0.1) is 27.4 Å². The van der Waals surface area contributed by atoms with Crippen LogP contribution in [0.2, 0.25) is 0 Å². The van der Waals surface area contributed by atoms with Gasteiger partial charge in [-0.15, -0.1) is 0 Å². The number of anilines is 1. The molecule has 0 spiro atoms. The van der Waals surface area contributed by atoms with Gasteiger partial charge < -0.3 is 5.32 Å². The molecule has 0 bridgehead atoms. The maximum absolute atomic E-state index is 13.3. The van der Waals surface area contributed by atoms with E-state index in [4.69, 9.17) is 4.98 Å². The molecule has 0 aliphatic heterocycles. The molecule has 0 unspecified atom stereocenters. The first-order valence-electron chi connectivity index (χ1n) is 9.73. The number of carbonyl (C=O) groups is 1. The summed E-state index contributed by atoms with van der Waals surface area (Å²) in [5, 5.41) is 19.3. The summed E-state index contributed by atoms with van der Waals surface area (Å²) in [7, 11) is 1.86. The number of nitrogens with zero attached hydrogens (tertiary/aromatic N) is 4. The number of para-hydroxylation sites is 1. The molecule has 156 valence electrons. The van der Waals surface area contributed by atoms with Crippen molar-refractivity contribution in [2.24, 2.45) is 7.05 Å². The highest BCUT2D eigenvalue weighted by molar-refractivity contribution is 6.13. The van der Waals surface area contributed by atoms with E-state index in [1.165, 1.54) is 6.07 Å². The Bertz CT molecular complexity index is 1360. The van der Waals surface area contributed by atoms with Crippen LogP contribution in [-0.2, 0) is 7.05 Å². The maximum atomic E-state index is 13.3. The number of rotatable bonds is 4. The van der Waals surface area contributed by atoms with Gasteiger partial charge in [-0.2, -0.15) is 5.10 Å². The van der Waals surface area contributed by atoms with E-state index in [-0.39, 0.29) is 11.4 Å². The van der Waals surface area contributed by atoms with Crippen LogP contribution in [0.1, 0.15) is 27.3 Å². The third-order valence-corrected chi connectivity index (χ3v) is 5.32. The molecule has 0 atom stereocenters. The average Bonchev–Trinajstić information content (AvgIpc) is 2.99. The predicted octanol–water partition coefficient (Wildman–Crippen LogP) is 4.72. The van der Waals surface area contributed by atoms with E-state index in [1.54, 1.807) is 29.8 Å². The van der Waals surface area contributed by atoms with E-state index in [9.17, 15) is 14.9 Å². The van der Waals surface area contributed by atoms with E-state index < -0.39 is 10.8 Å². The summed E-state index contributed by atoms with van der Waals surface area (Å²) in [5.74, 6) is -0.439. The normalized spacial score (nSPS) is 11.0. The standard InChI is InChI=1S/C23H21N5O3/c1-13-9-10-19(21(11-13)28(30)31)25-23(29)17-12-20(22-14(2)26-27(4)15(22)3)24-18-8-6-5-7-16(17)18/h5-12H,1-4H3,(H,25,29). The highest BCUT2D eigenvalue weighted by Gasteiger charge is 2.21. The number of pyridine rings is 1. The summed E-state index contributed by atoms with van der Waals surface area (Å²) >= 11 is 0. The number of fused-ring (bicyclic) bond motifs is 1. The molecule has 8 nitrogen and oxygen atoms in total. The molecule has 2 aromatic heterocycles. The Morgan fingerprint density at radius 3 is 2.52 bits per heavy atom. The highest BCUT2D eigenvalue weighted by Crippen LogP contribution is 2.31. The molecule has 1 N–H and O–H groups in total. The van der Waals surface area contributed by atoms with Gasteiger partial charge in [-0.05, 0) is 44.5 Å². The average molecular weight is 415 g/mol. The summed E-state index contributed by atoms with van der Waals surface area (Å²) in [5.41, 5.74) is 5.02. The van der Waals surface area contributed by atoms with E-state index in [0.717, 1.165) is 22.5 Å². The summed E-state index contributed by atoms with van der Waals surface area (Å²) in [4.78, 5) is 29.0. The van der Waals surface area contributed by atoms with Gasteiger partial charge >= 0.3 is 0 Å². The Balaban J connectivity index is 1.86. The predicted molar refractivity (Wildman–Crippen MR) is 119 cm³/mol. The van der Waals surface area contributed by atoms with Crippen LogP contribution >= 0.6 is 0 Å². The molecule has 4 rings (SSSR count). The lowest BCUT2D eigenvalue weighted by Gasteiger charge is -2.11. The number of nitro benzene ring substituents is 1. The molecular formula is C23H21N5O3. The molecule has 0 saturated carbocycles. The van der Waals surface area contributed by atoms with E-state index in [2.05, 4.69) is 10.4 Å². The fourth-order valence-corrected chi connectivity index (χ4v) is 3.72. The van der Waals surface area contributed by atoms with Crippen LogP contribution in [0.4, 0.5) is 11.4 Å².